The lowest BCUT2D eigenvalue weighted by atomic mass is 9.95. The Morgan fingerprint density at radius 2 is 2.00 bits per heavy atom. The van der Waals surface area contributed by atoms with E-state index >= 15 is 0 Å². The molecule has 0 amide bonds. The van der Waals surface area contributed by atoms with Crippen molar-refractivity contribution in [3.05, 3.63) is 21.7 Å². The Balaban J connectivity index is 3.29. The summed E-state index contributed by atoms with van der Waals surface area (Å²) in [5.41, 5.74) is -1.25. The minimum Gasteiger partial charge on any atom is -0.493 e. The Hall–Kier alpha value is -1.85. The fourth-order valence-corrected chi connectivity index (χ4v) is 1.15. The van der Waals surface area contributed by atoms with E-state index in [9.17, 15) is 14.7 Å². The summed E-state index contributed by atoms with van der Waals surface area (Å²) in [6.45, 7) is 5.46. The lowest BCUT2D eigenvalue weighted by molar-refractivity contribution is -0.136. The van der Waals surface area contributed by atoms with Gasteiger partial charge >= 0.3 is 5.97 Å². The highest BCUT2D eigenvalue weighted by molar-refractivity contribution is 5.70. The summed E-state index contributed by atoms with van der Waals surface area (Å²) in [7, 11) is 0. The van der Waals surface area contributed by atoms with Crippen molar-refractivity contribution < 1.29 is 15.0 Å². The molecule has 0 aromatic carbocycles. The average Bonchev–Trinajstić information content (AvgIpc) is 2.09. The Morgan fingerprint density at radius 3 is 2.38 bits per heavy atom. The SMILES string of the molecule is CC(C)(C)c1nc(O)c(CC(=O)O)c(=O)[nH]1. The molecule has 0 bridgehead atoms. The first-order valence-electron chi connectivity index (χ1n) is 4.76. The molecule has 0 saturated carbocycles. The number of rotatable bonds is 2. The normalized spacial score (nSPS) is 11.4. The van der Waals surface area contributed by atoms with E-state index in [0.717, 1.165) is 0 Å². The van der Waals surface area contributed by atoms with Gasteiger partial charge in [-0.15, -0.1) is 0 Å². The predicted octanol–water partition coefficient (Wildman–Crippen LogP) is 0.400. The van der Waals surface area contributed by atoms with Crippen molar-refractivity contribution in [3.63, 3.8) is 0 Å². The molecule has 6 nitrogen and oxygen atoms in total. The van der Waals surface area contributed by atoms with Gasteiger partial charge in [-0.1, -0.05) is 20.8 Å². The molecule has 0 radical (unpaired) electrons. The number of aromatic hydroxyl groups is 1. The molecule has 0 spiro atoms. The number of nitrogens with zero attached hydrogens (tertiary/aromatic N) is 1. The van der Waals surface area contributed by atoms with Gasteiger partial charge in [0.2, 0.25) is 5.88 Å². The molecule has 1 heterocycles. The van der Waals surface area contributed by atoms with Crippen LogP contribution in [0.4, 0.5) is 0 Å². The number of hydrogen-bond acceptors (Lipinski definition) is 4. The second-order valence-corrected chi connectivity index (χ2v) is 4.54. The average molecular weight is 226 g/mol. The molecule has 1 aromatic heterocycles. The lowest BCUT2D eigenvalue weighted by Crippen LogP contribution is -2.25. The summed E-state index contributed by atoms with van der Waals surface area (Å²) in [5.74, 6) is -1.38. The number of H-pyrrole nitrogens is 1. The molecule has 1 aromatic rings. The maximum atomic E-state index is 11.5. The minimum atomic E-state index is -1.19. The molecule has 0 aliphatic rings. The van der Waals surface area contributed by atoms with E-state index in [-0.39, 0.29) is 5.56 Å². The lowest BCUT2D eigenvalue weighted by Gasteiger charge is -2.17. The molecule has 3 N–H and O–H groups in total. The van der Waals surface area contributed by atoms with Crippen LogP contribution in [-0.2, 0) is 16.6 Å². The van der Waals surface area contributed by atoms with Crippen molar-refractivity contribution in [2.45, 2.75) is 32.6 Å². The van der Waals surface area contributed by atoms with Crippen molar-refractivity contribution >= 4 is 5.97 Å². The van der Waals surface area contributed by atoms with Crippen LogP contribution in [-0.4, -0.2) is 26.2 Å². The van der Waals surface area contributed by atoms with Crippen LogP contribution in [0, 0.1) is 0 Å². The van der Waals surface area contributed by atoms with Crippen LogP contribution < -0.4 is 5.56 Å². The number of carboxylic acids is 1. The van der Waals surface area contributed by atoms with E-state index in [1.54, 1.807) is 0 Å². The van der Waals surface area contributed by atoms with Crippen LogP contribution in [0.2, 0.25) is 0 Å². The summed E-state index contributed by atoms with van der Waals surface area (Å²) in [6.07, 6.45) is -0.543. The van der Waals surface area contributed by atoms with Crippen LogP contribution in [0.3, 0.4) is 0 Å². The molecule has 0 saturated heterocycles. The van der Waals surface area contributed by atoms with Crippen LogP contribution in [0.5, 0.6) is 5.88 Å². The van der Waals surface area contributed by atoms with Gasteiger partial charge in [-0.2, -0.15) is 4.98 Å². The van der Waals surface area contributed by atoms with Crippen LogP contribution in [0.1, 0.15) is 32.2 Å². The van der Waals surface area contributed by atoms with Crippen molar-refractivity contribution in [2.75, 3.05) is 0 Å². The van der Waals surface area contributed by atoms with Gasteiger partial charge in [0.25, 0.3) is 5.56 Å². The zero-order valence-electron chi connectivity index (χ0n) is 9.37. The molecule has 0 fully saturated rings. The molecule has 6 heteroatoms. The number of carboxylic acid groups (broad SMARTS) is 1. The van der Waals surface area contributed by atoms with Crippen LogP contribution in [0.15, 0.2) is 4.79 Å². The molecular weight excluding hydrogens is 212 g/mol. The summed E-state index contributed by atoms with van der Waals surface area (Å²) in [4.78, 5) is 28.3. The van der Waals surface area contributed by atoms with Gasteiger partial charge in [0.15, 0.2) is 0 Å². The van der Waals surface area contributed by atoms with Crippen molar-refractivity contribution in [2.24, 2.45) is 0 Å². The van der Waals surface area contributed by atoms with Crippen LogP contribution in [0.25, 0.3) is 0 Å². The quantitative estimate of drug-likeness (QED) is 0.677. The number of hydrogen-bond donors (Lipinski definition) is 3. The maximum Gasteiger partial charge on any atom is 0.308 e. The zero-order valence-corrected chi connectivity index (χ0v) is 9.37. The molecule has 0 aliphatic heterocycles. The molecule has 0 atom stereocenters. The largest absolute Gasteiger partial charge is 0.493 e. The summed E-state index contributed by atoms with van der Waals surface area (Å²) in [6, 6.07) is 0. The van der Waals surface area contributed by atoms with E-state index in [1.165, 1.54) is 0 Å². The van der Waals surface area contributed by atoms with E-state index in [1.807, 2.05) is 20.8 Å². The van der Waals surface area contributed by atoms with E-state index in [0.29, 0.717) is 5.82 Å². The molecule has 16 heavy (non-hydrogen) atoms. The Bertz CT molecular complexity index is 471. The van der Waals surface area contributed by atoms with Crippen molar-refractivity contribution in [1.82, 2.24) is 9.97 Å². The fraction of sp³-hybridized carbons (Fsp3) is 0.500. The number of carbonyl (C=O) groups is 1. The summed E-state index contributed by atoms with van der Waals surface area (Å²) in [5, 5.41) is 18.0. The van der Waals surface area contributed by atoms with E-state index < -0.39 is 29.2 Å². The topological polar surface area (TPSA) is 103 Å². The predicted molar refractivity (Wildman–Crippen MR) is 56.6 cm³/mol. The van der Waals surface area contributed by atoms with Crippen molar-refractivity contribution in [3.8, 4) is 5.88 Å². The van der Waals surface area contributed by atoms with Gasteiger partial charge in [0, 0.05) is 5.41 Å². The minimum absolute atomic E-state index is 0.222. The Kier molecular flexibility index (Phi) is 3.02. The first-order chi connectivity index (χ1) is 7.21. The Morgan fingerprint density at radius 1 is 1.44 bits per heavy atom. The highest BCUT2D eigenvalue weighted by atomic mass is 16.4. The van der Waals surface area contributed by atoms with Gasteiger partial charge in [0.1, 0.15) is 5.82 Å². The number of aromatic nitrogens is 2. The third kappa shape index (κ3) is 2.59. The monoisotopic (exact) mass is 226 g/mol. The highest BCUT2D eigenvalue weighted by Crippen LogP contribution is 2.19. The van der Waals surface area contributed by atoms with Gasteiger partial charge in [0.05, 0.1) is 12.0 Å². The molecule has 0 aliphatic carbocycles. The summed E-state index contributed by atoms with van der Waals surface area (Å²) >= 11 is 0. The van der Waals surface area contributed by atoms with Gasteiger partial charge in [-0.05, 0) is 0 Å². The first-order valence-corrected chi connectivity index (χ1v) is 4.76. The van der Waals surface area contributed by atoms with Gasteiger partial charge in [-0.25, -0.2) is 0 Å². The third-order valence-corrected chi connectivity index (χ3v) is 2.03. The second-order valence-electron chi connectivity index (χ2n) is 4.54. The maximum absolute atomic E-state index is 11.5. The van der Waals surface area contributed by atoms with Crippen LogP contribution >= 0.6 is 0 Å². The van der Waals surface area contributed by atoms with Gasteiger partial charge in [-0.3, -0.25) is 9.59 Å². The second kappa shape index (κ2) is 3.96. The number of aromatic amines is 1. The Labute approximate surface area is 92.0 Å². The van der Waals surface area contributed by atoms with Gasteiger partial charge < -0.3 is 15.2 Å². The summed E-state index contributed by atoms with van der Waals surface area (Å²) < 4.78 is 0. The molecule has 88 valence electrons. The van der Waals surface area contributed by atoms with E-state index in [2.05, 4.69) is 9.97 Å². The number of nitrogens with one attached hydrogen (secondary N) is 1. The fourth-order valence-electron chi connectivity index (χ4n) is 1.15. The molecular formula is C10H14N2O4. The zero-order chi connectivity index (χ0) is 12.5. The smallest absolute Gasteiger partial charge is 0.308 e. The third-order valence-electron chi connectivity index (χ3n) is 2.03. The number of aliphatic carboxylic acids is 1. The first kappa shape index (κ1) is 12.2. The molecule has 0 unspecified atom stereocenters. The standard InChI is InChI=1S/C10H14N2O4/c1-10(2,3)9-11-7(15)5(4-6(13)14)8(16)12-9/h4H2,1-3H3,(H,13,14)(H2,11,12,15,16). The van der Waals surface area contributed by atoms with Crippen molar-refractivity contribution in [1.29, 1.82) is 0 Å². The highest BCUT2D eigenvalue weighted by Gasteiger charge is 2.21. The molecule has 1 rings (SSSR count). The van der Waals surface area contributed by atoms with E-state index in [4.69, 9.17) is 5.11 Å².